The number of H-pyrrole nitrogens is 1. The number of ether oxygens (including phenoxy) is 3. The molecule has 1 amide bonds. The number of sulfonamides is 1. The Hall–Kier alpha value is -2.67. The lowest BCUT2D eigenvalue weighted by Crippen LogP contribution is -2.25. The van der Waals surface area contributed by atoms with Gasteiger partial charge in [-0.2, -0.15) is 0 Å². The van der Waals surface area contributed by atoms with Crippen LogP contribution in [0.2, 0.25) is 5.02 Å². The van der Waals surface area contributed by atoms with Gasteiger partial charge in [-0.25, -0.2) is 8.42 Å². The van der Waals surface area contributed by atoms with Crippen LogP contribution in [0.25, 0.3) is 10.9 Å². The Labute approximate surface area is 221 Å². The fraction of sp³-hybridized carbons (Fsp3) is 0.400. The van der Waals surface area contributed by atoms with Gasteiger partial charge in [0.25, 0.3) is 15.9 Å². The first-order valence-corrected chi connectivity index (χ1v) is 13.9. The number of aromatic amines is 1. The first-order valence-electron chi connectivity index (χ1n) is 12.0. The van der Waals surface area contributed by atoms with Crippen LogP contribution in [0.4, 0.5) is 5.69 Å². The van der Waals surface area contributed by atoms with Crippen LogP contribution in [0.15, 0.2) is 53.6 Å². The maximum Gasteiger partial charge on any atom is 0.261 e. The standard InChI is InChI=1S/C25H33ClN4O6S/c26-22-18-29-24-21(22)7-2-8-23(24)30-37(32,33)20-6-1-5-19(17-20)25(31)28-10-4-12-35-14-16-36-15-13-34-11-3-9-27/h1-2,5-8,17-18,29-30H,3-4,9-16,27H2,(H,28,31). The van der Waals surface area contributed by atoms with Crippen LogP contribution in [0, 0.1) is 0 Å². The number of hydrogen-bond acceptors (Lipinski definition) is 7. The normalized spacial score (nSPS) is 11.6. The van der Waals surface area contributed by atoms with E-state index in [2.05, 4.69) is 15.0 Å². The molecule has 0 radical (unpaired) electrons. The molecule has 5 N–H and O–H groups in total. The molecule has 0 spiro atoms. The van der Waals surface area contributed by atoms with Gasteiger partial charge < -0.3 is 30.2 Å². The lowest BCUT2D eigenvalue weighted by Gasteiger charge is -2.11. The molecule has 0 unspecified atom stereocenters. The fourth-order valence-corrected chi connectivity index (χ4v) is 4.75. The van der Waals surface area contributed by atoms with Crippen molar-refractivity contribution in [3.8, 4) is 0 Å². The summed E-state index contributed by atoms with van der Waals surface area (Å²) in [6, 6.07) is 11.0. The highest BCUT2D eigenvalue weighted by Gasteiger charge is 2.18. The summed E-state index contributed by atoms with van der Waals surface area (Å²) < 4.78 is 44.8. The molecule has 37 heavy (non-hydrogen) atoms. The smallest absolute Gasteiger partial charge is 0.261 e. The zero-order valence-electron chi connectivity index (χ0n) is 20.5. The lowest BCUT2D eigenvalue weighted by atomic mass is 10.2. The van der Waals surface area contributed by atoms with Gasteiger partial charge in [0.2, 0.25) is 0 Å². The molecule has 1 aromatic heterocycles. The number of benzene rings is 2. The zero-order chi connectivity index (χ0) is 26.5. The predicted molar refractivity (Wildman–Crippen MR) is 144 cm³/mol. The molecule has 0 bridgehead atoms. The topological polar surface area (TPSA) is 145 Å². The molecule has 0 atom stereocenters. The molecule has 0 saturated heterocycles. The van der Waals surface area contributed by atoms with Gasteiger partial charge in [0.1, 0.15) is 0 Å². The molecule has 0 aliphatic heterocycles. The first-order chi connectivity index (χ1) is 17.9. The van der Waals surface area contributed by atoms with E-state index in [4.69, 9.17) is 31.5 Å². The molecule has 0 aliphatic carbocycles. The van der Waals surface area contributed by atoms with E-state index in [-0.39, 0.29) is 16.4 Å². The second-order valence-electron chi connectivity index (χ2n) is 8.09. The summed E-state index contributed by atoms with van der Waals surface area (Å²) in [5.41, 5.74) is 6.56. The number of carbonyl (C=O) groups excluding carboxylic acids is 1. The number of para-hydroxylation sites is 1. The van der Waals surface area contributed by atoms with Crippen LogP contribution in [-0.2, 0) is 24.2 Å². The second-order valence-corrected chi connectivity index (χ2v) is 10.2. The lowest BCUT2D eigenvalue weighted by molar-refractivity contribution is 0.0141. The minimum Gasteiger partial charge on any atom is -0.379 e. The van der Waals surface area contributed by atoms with E-state index >= 15 is 0 Å². The van der Waals surface area contributed by atoms with Gasteiger partial charge in [0, 0.05) is 36.9 Å². The number of halogens is 1. The minimum atomic E-state index is -3.94. The van der Waals surface area contributed by atoms with Crippen LogP contribution in [0.3, 0.4) is 0 Å². The maximum atomic E-state index is 13.0. The van der Waals surface area contributed by atoms with Gasteiger partial charge in [0.05, 0.1) is 47.5 Å². The summed E-state index contributed by atoms with van der Waals surface area (Å²) in [7, 11) is -3.94. The van der Waals surface area contributed by atoms with E-state index in [1.165, 1.54) is 18.2 Å². The molecule has 0 aliphatic rings. The number of carbonyl (C=O) groups is 1. The monoisotopic (exact) mass is 552 g/mol. The molecule has 1 heterocycles. The van der Waals surface area contributed by atoms with Crippen molar-refractivity contribution >= 4 is 44.1 Å². The number of hydrogen-bond donors (Lipinski definition) is 4. The van der Waals surface area contributed by atoms with Gasteiger partial charge >= 0.3 is 0 Å². The largest absolute Gasteiger partial charge is 0.379 e. The van der Waals surface area contributed by atoms with Gasteiger partial charge in [-0.05, 0) is 43.7 Å². The molecule has 12 heteroatoms. The Morgan fingerprint density at radius 2 is 1.62 bits per heavy atom. The predicted octanol–water partition coefficient (Wildman–Crippen LogP) is 3.14. The van der Waals surface area contributed by atoms with Crippen molar-refractivity contribution in [1.82, 2.24) is 10.3 Å². The van der Waals surface area contributed by atoms with Crippen molar-refractivity contribution in [1.29, 1.82) is 0 Å². The molecular weight excluding hydrogens is 520 g/mol. The second kappa shape index (κ2) is 14.9. The van der Waals surface area contributed by atoms with E-state index in [0.29, 0.717) is 80.8 Å². The Bertz CT molecular complexity index is 1250. The van der Waals surface area contributed by atoms with E-state index in [0.717, 1.165) is 6.42 Å². The van der Waals surface area contributed by atoms with Crippen LogP contribution in [0.5, 0.6) is 0 Å². The number of aromatic nitrogens is 1. The number of nitrogens with one attached hydrogen (secondary N) is 3. The summed E-state index contributed by atoms with van der Waals surface area (Å²) >= 11 is 6.13. The van der Waals surface area contributed by atoms with E-state index in [9.17, 15) is 13.2 Å². The van der Waals surface area contributed by atoms with Gasteiger partial charge in [-0.1, -0.05) is 29.8 Å². The SMILES string of the molecule is NCCCOCCOCCOCCCNC(=O)c1cccc(S(=O)(=O)Nc2cccc3c(Cl)c[nH]c23)c1. The molecule has 10 nitrogen and oxygen atoms in total. The number of amides is 1. The zero-order valence-corrected chi connectivity index (χ0v) is 22.1. The summed E-state index contributed by atoms with van der Waals surface area (Å²) in [6.45, 7) is 4.05. The van der Waals surface area contributed by atoms with Crippen molar-refractivity contribution in [3.05, 3.63) is 59.2 Å². The molecule has 0 saturated carbocycles. The number of rotatable bonds is 17. The molecular formula is C25H33ClN4O6S. The molecule has 2 aromatic carbocycles. The van der Waals surface area contributed by atoms with Gasteiger partial charge in [-0.3, -0.25) is 9.52 Å². The highest BCUT2D eigenvalue weighted by atomic mass is 35.5. The third kappa shape index (κ3) is 8.99. The van der Waals surface area contributed by atoms with Crippen molar-refractivity contribution in [2.75, 3.05) is 57.5 Å². The quantitative estimate of drug-likeness (QED) is 0.188. The fourth-order valence-electron chi connectivity index (χ4n) is 3.42. The number of fused-ring (bicyclic) bond motifs is 1. The van der Waals surface area contributed by atoms with Crippen LogP contribution < -0.4 is 15.8 Å². The van der Waals surface area contributed by atoms with Crippen molar-refractivity contribution in [3.63, 3.8) is 0 Å². The Morgan fingerprint density at radius 1 is 0.946 bits per heavy atom. The molecule has 3 aromatic rings. The summed E-state index contributed by atoms with van der Waals surface area (Å²) in [6.07, 6.45) is 3.04. The van der Waals surface area contributed by atoms with E-state index in [1.807, 2.05) is 0 Å². The molecule has 0 fully saturated rings. The summed E-state index contributed by atoms with van der Waals surface area (Å²) in [4.78, 5) is 15.5. The summed E-state index contributed by atoms with van der Waals surface area (Å²) in [5.74, 6) is -0.367. The van der Waals surface area contributed by atoms with Crippen LogP contribution in [-0.4, -0.2) is 72.0 Å². The number of anilines is 1. The molecule has 202 valence electrons. The summed E-state index contributed by atoms with van der Waals surface area (Å²) in [5, 5.41) is 3.98. The van der Waals surface area contributed by atoms with Crippen molar-refractivity contribution < 1.29 is 27.4 Å². The van der Waals surface area contributed by atoms with Crippen LogP contribution >= 0.6 is 11.6 Å². The van der Waals surface area contributed by atoms with Crippen molar-refractivity contribution in [2.24, 2.45) is 5.73 Å². The highest BCUT2D eigenvalue weighted by molar-refractivity contribution is 7.92. The van der Waals surface area contributed by atoms with E-state index in [1.54, 1.807) is 30.5 Å². The highest BCUT2D eigenvalue weighted by Crippen LogP contribution is 2.29. The third-order valence-electron chi connectivity index (χ3n) is 5.30. The maximum absolute atomic E-state index is 13.0. The van der Waals surface area contributed by atoms with Crippen molar-refractivity contribution in [2.45, 2.75) is 17.7 Å². The van der Waals surface area contributed by atoms with Gasteiger partial charge in [-0.15, -0.1) is 0 Å². The van der Waals surface area contributed by atoms with Gasteiger partial charge in [0.15, 0.2) is 0 Å². The average Bonchev–Trinajstić information content (AvgIpc) is 3.28. The first kappa shape index (κ1) is 28.9. The average molecular weight is 553 g/mol. The third-order valence-corrected chi connectivity index (χ3v) is 6.98. The Kier molecular flexibility index (Phi) is 11.6. The molecule has 3 rings (SSSR count). The number of nitrogens with two attached hydrogens (primary N) is 1. The Morgan fingerprint density at radius 3 is 2.35 bits per heavy atom. The van der Waals surface area contributed by atoms with E-state index < -0.39 is 10.0 Å². The Balaban J connectivity index is 1.39. The minimum absolute atomic E-state index is 0.0251. The van der Waals surface area contributed by atoms with Crippen LogP contribution in [0.1, 0.15) is 23.2 Å².